The minimum absolute atomic E-state index is 0.139. The molecule has 0 aliphatic heterocycles. The standard InChI is InChI=1S/C29H42N2O/c1-8-9-10-11-12-13-14-22-15-17-24(18-16-22)31-30-21-23-19-25(28(2,3)4)27(32)26(20-23)29(5,6)7/h15-21H,8-14H2,1-7H3. The summed E-state index contributed by atoms with van der Waals surface area (Å²) in [5, 5.41) is 8.69. The molecular formula is C29H42N2O. The molecule has 0 fully saturated rings. The van der Waals surface area contributed by atoms with Gasteiger partial charge in [0.2, 0.25) is 0 Å². The van der Waals surface area contributed by atoms with E-state index >= 15 is 0 Å². The number of aryl methyl sites for hydroxylation is 1. The molecule has 0 spiro atoms. The SMILES string of the molecule is CCCCCCCCc1ccc(N=NC=C2C=C(C(C)(C)C)C(=O)C(C(C)(C)C)=C2)cc1. The lowest BCUT2D eigenvalue weighted by Crippen LogP contribution is -2.27. The smallest absolute Gasteiger partial charge is 0.186 e. The summed E-state index contributed by atoms with van der Waals surface area (Å²) in [5.41, 5.74) is 4.34. The van der Waals surface area contributed by atoms with Crippen LogP contribution >= 0.6 is 0 Å². The van der Waals surface area contributed by atoms with E-state index in [1.165, 1.54) is 44.1 Å². The molecular weight excluding hydrogens is 392 g/mol. The van der Waals surface area contributed by atoms with Crippen molar-refractivity contribution in [1.29, 1.82) is 0 Å². The van der Waals surface area contributed by atoms with Gasteiger partial charge >= 0.3 is 0 Å². The van der Waals surface area contributed by atoms with Gasteiger partial charge in [-0.25, -0.2) is 0 Å². The highest BCUT2D eigenvalue weighted by atomic mass is 16.1. The number of hydrogen-bond acceptors (Lipinski definition) is 3. The molecule has 1 aliphatic rings. The van der Waals surface area contributed by atoms with E-state index in [4.69, 9.17) is 0 Å². The zero-order valence-electron chi connectivity index (χ0n) is 21.3. The molecule has 0 saturated heterocycles. The van der Waals surface area contributed by atoms with Crippen LogP contribution in [0.2, 0.25) is 0 Å². The molecule has 0 unspecified atom stereocenters. The van der Waals surface area contributed by atoms with Gasteiger partial charge in [0.05, 0.1) is 11.9 Å². The molecule has 32 heavy (non-hydrogen) atoms. The van der Waals surface area contributed by atoms with Crippen molar-refractivity contribution >= 4 is 11.5 Å². The Kier molecular flexibility index (Phi) is 9.36. The number of hydrogen-bond donors (Lipinski definition) is 0. The molecule has 0 saturated carbocycles. The van der Waals surface area contributed by atoms with Gasteiger partial charge in [-0.15, -0.1) is 0 Å². The van der Waals surface area contributed by atoms with Crippen LogP contribution in [0.25, 0.3) is 0 Å². The van der Waals surface area contributed by atoms with Gasteiger partial charge in [-0.3, -0.25) is 4.79 Å². The molecule has 1 aliphatic carbocycles. The Bertz CT molecular complexity index is 849. The van der Waals surface area contributed by atoms with Crippen molar-refractivity contribution in [3.05, 3.63) is 64.9 Å². The maximum Gasteiger partial charge on any atom is 0.186 e. The highest BCUT2D eigenvalue weighted by Gasteiger charge is 2.33. The number of ketones is 1. The first-order chi connectivity index (χ1) is 15.0. The van der Waals surface area contributed by atoms with Crippen molar-refractivity contribution in [2.24, 2.45) is 21.1 Å². The third kappa shape index (κ3) is 8.00. The second-order valence-electron chi connectivity index (χ2n) is 11.0. The summed E-state index contributed by atoms with van der Waals surface area (Å²) >= 11 is 0. The molecule has 174 valence electrons. The number of nitrogens with zero attached hydrogens (tertiary/aromatic N) is 2. The lowest BCUT2D eigenvalue weighted by atomic mass is 9.72. The average molecular weight is 435 g/mol. The maximum absolute atomic E-state index is 13.0. The predicted octanol–water partition coefficient (Wildman–Crippen LogP) is 9.08. The van der Waals surface area contributed by atoms with Crippen molar-refractivity contribution in [3.63, 3.8) is 0 Å². The zero-order chi connectivity index (χ0) is 23.8. The fraction of sp³-hybridized carbons (Fsp3) is 0.552. The number of Topliss-reactive ketones (excluding diaryl/α,β-unsaturated/α-hetero) is 1. The zero-order valence-corrected chi connectivity index (χ0v) is 21.3. The Morgan fingerprint density at radius 2 is 1.31 bits per heavy atom. The largest absolute Gasteiger partial charge is 0.289 e. The van der Waals surface area contributed by atoms with E-state index < -0.39 is 0 Å². The summed E-state index contributed by atoms with van der Waals surface area (Å²) in [6.07, 6.45) is 14.7. The van der Waals surface area contributed by atoms with Crippen LogP contribution in [-0.4, -0.2) is 5.78 Å². The predicted molar refractivity (Wildman–Crippen MR) is 136 cm³/mol. The monoisotopic (exact) mass is 434 g/mol. The summed E-state index contributed by atoms with van der Waals surface area (Å²) < 4.78 is 0. The number of unbranched alkanes of at least 4 members (excludes halogenated alkanes) is 5. The fourth-order valence-electron chi connectivity index (χ4n) is 3.84. The highest BCUT2D eigenvalue weighted by molar-refractivity contribution is 6.11. The lowest BCUT2D eigenvalue weighted by Gasteiger charge is -2.31. The van der Waals surface area contributed by atoms with Crippen LogP contribution in [0.4, 0.5) is 5.69 Å². The van der Waals surface area contributed by atoms with Crippen molar-refractivity contribution in [3.8, 4) is 0 Å². The van der Waals surface area contributed by atoms with Gasteiger partial charge < -0.3 is 0 Å². The number of rotatable bonds is 9. The van der Waals surface area contributed by atoms with Crippen LogP contribution in [0, 0.1) is 10.8 Å². The van der Waals surface area contributed by atoms with E-state index in [0.29, 0.717) is 0 Å². The van der Waals surface area contributed by atoms with E-state index in [9.17, 15) is 4.79 Å². The topological polar surface area (TPSA) is 41.8 Å². The summed E-state index contributed by atoms with van der Waals surface area (Å²) in [6, 6.07) is 8.38. The molecule has 2 rings (SSSR count). The van der Waals surface area contributed by atoms with Crippen molar-refractivity contribution in [1.82, 2.24) is 0 Å². The number of allylic oxidation sites excluding steroid dienone is 5. The van der Waals surface area contributed by atoms with E-state index in [1.807, 2.05) is 24.3 Å². The Morgan fingerprint density at radius 3 is 1.84 bits per heavy atom. The minimum Gasteiger partial charge on any atom is -0.289 e. The quantitative estimate of drug-likeness (QED) is 0.282. The second kappa shape index (κ2) is 11.5. The van der Waals surface area contributed by atoms with Gasteiger partial charge in [-0.05, 0) is 59.1 Å². The van der Waals surface area contributed by atoms with Gasteiger partial charge in [0, 0.05) is 11.1 Å². The number of carbonyl (C=O) groups is 1. The van der Waals surface area contributed by atoms with Crippen molar-refractivity contribution in [2.75, 3.05) is 0 Å². The summed E-state index contributed by atoms with van der Waals surface area (Å²) in [6.45, 7) is 14.7. The van der Waals surface area contributed by atoms with E-state index in [2.05, 4.69) is 70.8 Å². The van der Waals surface area contributed by atoms with E-state index in [1.54, 1.807) is 6.20 Å². The van der Waals surface area contributed by atoms with E-state index in [-0.39, 0.29) is 16.6 Å². The Labute approximate surface area is 195 Å². The van der Waals surface area contributed by atoms with Crippen LogP contribution < -0.4 is 0 Å². The van der Waals surface area contributed by atoms with Crippen molar-refractivity contribution < 1.29 is 4.79 Å². The summed E-state index contributed by atoms with van der Waals surface area (Å²) in [5.74, 6) is 0.139. The summed E-state index contributed by atoms with van der Waals surface area (Å²) in [4.78, 5) is 13.0. The summed E-state index contributed by atoms with van der Waals surface area (Å²) in [7, 11) is 0. The normalized spacial score (nSPS) is 15.2. The molecule has 0 amide bonds. The lowest BCUT2D eigenvalue weighted by molar-refractivity contribution is -0.114. The molecule has 3 heteroatoms. The Morgan fingerprint density at radius 1 is 0.781 bits per heavy atom. The van der Waals surface area contributed by atoms with Gasteiger partial charge in [0.1, 0.15) is 0 Å². The molecule has 3 nitrogen and oxygen atoms in total. The van der Waals surface area contributed by atoms with Gasteiger partial charge in [0.15, 0.2) is 5.78 Å². The molecule has 0 radical (unpaired) electrons. The Hall–Kier alpha value is -2.29. The molecule has 1 aromatic carbocycles. The highest BCUT2D eigenvalue weighted by Crippen LogP contribution is 2.38. The first kappa shape index (κ1) is 26.0. The second-order valence-corrected chi connectivity index (χ2v) is 11.0. The van der Waals surface area contributed by atoms with E-state index in [0.717, 1.165) is 28.8 Å². The van der Waals surface area contributed by atoms with Crippen LogP contribution in [0.5, 0.6) is 0 Å². The molecule has 0 aromatic heterocycles. The first-order valence-corrected chi connectivity index (χ1v) is 12.2. The third-order valence-corrected chi connectivity index (χ3v) is 5.86. The van der Waals surface area contributed by atoms with Crippen LogP contribution in [0.3, 0.4) is 0 Å². The Balaban J connectivity index is 2.05. The molecule has 0 bridgehead atoms. The maximum atomic E-state index is 13.0. The van der Waals surface area contributed by atoms with Crippen LogP contribution in [0.1, 0.15) is 92.6 Å². The van der Waals surface area contributed by atoms with Crippen molar-refractivity contribution in [2.45, 2.75) is 93.4 Å². The fourth-order valence-corrected chi connectivity index (χ4v) is 3.84. The minimum atomic E-state index is -0.218. The molecule has 1 aromatic rings. The molecule has 0 heterocycles. The van der Waals surface area contributed by atoms with Gasteiger partial charge in [-0.1, -0.05) is 92.7 Å². The number of azo groups is 1. The van der Waals surface area contributed by atoms with Crippen LogP contribution in [-0.2, 0) is 11.2 Å². The molecule has 0 atom stereocenters. The molecule has 0 N–H and O–H groups in total. The number of carbonyl (C=O) groups excluding carboxylic acids is 1. The third-order valence-electron chi connectivity index (χ3n) is 5.86. The number of benzene rings is 1. The van der Waals surface area contributed by atoms with Gasteiger partial charge in [-0.2, -0.15) is 10.2 Å². The average Bonchev–Trinajstić information content (AvgIpc) is 2.71. The first-order valence-electron chi connectivity index (χ1n) is 12.2. The van der Waals surface area contributed by atoms with Gasteiger partial charge in [0.25, 0.3) is 0 Å². The van der Waals surface area contributed by atoms with Crippen LogP contribution in [0.15, 0.2) is 69.6 Å².